The molecule has 0 aromatic heterocycles. The second kappa shape index (κ2) is 7.87. The summed E-state index contributed by atoms with van der Waals surface area (Å²) in [7, 11) is 1.51. The molecule has 2 amide bonds. The van der Waals surface area contributed by atoms with Gasteiger partial charge in [-0.1, -0.05) is 20.8 Å². The van der Waals surface area contributed by atoms with E-state index >= 15 is 0 Å². The van der Waals surface area contributed by atoms with Crippen molar-refractivity contribution in [3.8, 4) is 0 Å². The summed E-state index contributed by atoms with van der Waals surface area (Å²) >= 11 is 0. The largest absolute Gasteiger partial charge is 0.465 e. The van der Waals surface area contributed by atoms with Gasteiger partial charge in [-0.3, -0.25) is 14.4 Å². The Bertz CT molecular complexity index is 361. The minimum absolute atomic E-state index is 0.0708. The van der Waals surface area contributed by atoms with Crippen LogP contribution in [0.3, 0.4) is 0 Å². The molecular formula is C14H26N2O4. The zero-order valence-corrected chi connectivity index (χ0v) is 13.3. The fourth-order valence-corrected chi connectivity index (χ4v) is 1.82. The monoisotopic (exact) mass is 286 g/mol. The Morgan fingerprint density at radius 1 is 1.20 bits per heavy atom. The fourth-order valence-electron chi connectivity index (χ4n) is 1.82. The maximum absolute atomic E-state index is 12.4. The van der Waals surface area contributed by atoms with Crippen LogP contribution in [0.4, 0.5) is 0 Å². The molecule has 0 heterocycles. The highest BCUT2D eigenvalue weighted by Gasteiger charge is 2.40. The summed E-state index contributed by atoms with van der Waals surface area (Å²) in [6.45, 7) is 9.54. The maximum atomic E-state index is 12.4. The molecule has 6 heteroatoms. The van der Waals surface area contributed by atoms with Crippen molar-refractivity contribution >= 4 is 17.8 Å². The van der Waals surface area contributed by atoms with Gasteiger partial charge in [-0.05, 0) is 19.3 Å². The topological polar surface area (TPSA) is 75.7 Å². The van der Waals surface area contributed by atoms with Gasteiger partial charge in [-0.25, -0.2) is 0 Å². The molecule has 0 aliphatic heterocycles. The summed E-state index contributed by atoms with van der Waals surface area (Å²) in [6, 6.07) is 0. The zero-order valence-electron chi connectivity index (χ0n) is 13.3. The number of carbonyl (C=O) groups is 3. The minimum Gasteiger partial charge on any atom is -0.465 e. The van der Waals surface area contributed by atoms with E-state index in [1.165, 1.54) is 11.9 Å². The second-order valence-electron chi connectivity index (χ2n) is 5.70. The van der Waals surface area contributed by atoms with Crippen LogP contribution in [-0.4, -0.2) is 49.4 Å². The molecule has 6 nitrogen and oxygen atoms in total. The van der Waals surface area contributed by atoms with E-state index < -0.39 is 23.2 Å². The summed E-state index contributed by atoms with van der Waals surface area (Å²) in [5.74, 6) is -2.11. The molecule has 0 aromatic rings. The lowest BCUT2D eigenvalue weighted by molar-refractivity contribution is -0.160. The molecule has 0 saturated heterocycles. The van der Waals surface area contributed by atoms with Crippen molar-refractivity contribution in [2.45, 2.75) is 34.6 Å². The number of likely N-dealkylation sites (N-methyl/N-ethyl adjacent to an activating group) is 2. The Hall–Kier alpha value is -1.59. The summed E-state index contributed by atoms with van der Waals surface area (Å²) in [6.07, 6.45) is 0. The number of esters is 1. The van der Waals surface area contributed by atoms with E-state index in [2.05, 4.69) is 5.32 Å². The zero-order chi connectivity index (χ0) is 15.9. The van der Waals surface area contributed by atoms with Gasteiger partial charge in [0, 0.05) is 13.6 Å². The fraction of sp³-hybridized carbons (Fsp3) is 0.786. The van der Waals surface area contributed by atoms with E-state index in [1.807, 2.05) is 0 Å². The molecule has 0 saturated carbocycles. The first-order valence-corrected chi connectivity index (χ1v) is 6.83. The van der Waals surface area contributed by atoms with Gasteiger partial charge >= 0.3 is 5.97 Å². The molecule has 1 N–H and O–H groups in total. The van der Waals surface area contributed by atoms with Crippen LogP contribution in [0.15, 0.2) is 0 Å². The van der Waals surface area contributed by atoms with Gasteiger partial charge in [0.2, 0.25) is 11.8 Å². The number of hydrogen-bond acceptors (Lipinski definition) is 4. The highest BCUT2D eigenvalue weighted by molar-refractivity contribution is 5.99. The van der Waals surface area contributed by atoms with E-state index in [0.717, 1.165) is 0 Å². The number of rotatable bonds is 6. The summed E-state index contributed by atoms with van der Waals surface area (Å²) in [5.41, 5.74) is -0.571. The highest BCUT2D eigenvalue weighted by Crippen LogP contribution is 2.28. The Morgan fingerprint density at radius 2 is 1.75 bits per heavy atom. The van der Waals surface area contributed by atoms with Crippen molar-refractivity contribution in [1.29, 1.82) is 0 Å². The molecule has 20 heavy (non-hydrogen) atoms. The van der Waals surface area contributed by atoms with E-state index in [0.29, 0.717) is 6.54 Å². The number of nitrogens with zero attached hydrogens (tertiary/aromatic N) is 1. The lowest BCUT2D eigenvalue weighted by Gasteiger charge is -2.30. The van der Waals surface area contributed by atoms with E-state index in [-0.39, 0.29) is 19.1 Å². The van der Waals surface area contributed by atoms with Crippen LogP contribution >= 0.6 is 0 Å². The predicted octanol–water partition coefficient (Wildman–Crippen LogP) is 0.806. The van der Waals surface area contributed by atoms with Crippen LogP contribution in [0.5, 0.6) is 0 Å². The van der Waals surface area contributed by atoms with E-state index in [9.17, 15) is 14.4 Å². The lowest BCUT2D eigenvalue weighted by Crippen LogP contribution is -2.47. The van der Waals surface area contributed by atoms with Crippen LogP contribution in [0.1, 0.15) is 34.6 Å². The first-order chi connectivity index (χ1) is 9.15. The summed E-state index contributed by atoms with van der Waals surface area (Å²) < 4.78 is 4.97. The number of hydrogen-bond donors (Lipinski definition) is 1. The van der Waals surface area contributed by atoms with Gasteiger partial charge < -0.3 is 15.0 Å². The predicted molar refractivity (Wildman–Crippen MR) is 75.9 cm³/mol. The van der Waals surface area contributed by atoms with Crippen molar-refractivity contribution in [2.24, 2.45) is 11.3 Å². The SMILES string of the molecule is CCNC(=O)CN(C)C(=O)C(C(=O)OCC)C(C)(C)C. The van der Waals surface area contributed by atoms with Crippen LogP contribution in [0.2, 0.25) is 0 Å². The van der Waals surface area contributed by atoms with Gasteiger partial charge in [0.1, 0.15) is 5.92 Å². The Balaban J connectivity index is 4.96. The molecule has 1 atom stereocenters. The van der Waals surface area contributed by atoms with Crippen LogP contribution in [0.25, 0.3) is 0 Å². The van der Waals surface area contributed by atoms with Gasteiger partial charge in [0.15, 0.2) is 0 Å². The summed E-state index contributed by atoms with van der Waals surface area (Å²) in [4.78, 5) is 37.1. The third kappa shape index (κ3) is 5.59. The average molecular weight is 286 g/mol. The van der Waals surface area contributed by atoms with Crippen LogP contribution < -0.4 is 5.32 Å². The van der Waals surface area contributed by atoms with Crippen LogP contribution in [-0.2, 0) is 19.1 Å². The minimum atomic E-state index is -0.915. The normalized spacial score (nSPS) is 12.5. The molecular weight excluding hydrogens is 260 g/mol. The van der Waals surface area contributed by atoms with E-state index in [4.69, 9.17) is 4.74 Å². The number of amides is 2. The Kier molecular flexibility index (Phi) is 7.24. The molecule has 1 unspecified atom stereocenters. The van der Waals surface area contributed by atoms with E-state index in [1.54, 1.807) is 34.6 Å². The Morgan fingerprint density at radius 3 is 2.15 bits per heavy atom. The second-order valence-corrected chi connectivity index (χ2v) is 5.70. The third-order valence-corrected chi connectivity index (χ3v) is 2.77. The van der Waals surface area contributed by atoms with Gasteiger partial charge in [0.25, 0.3) is 0 Å². The number of nitrogens with one attached hydrogen (secondary N) is 1. The van der Waals surface area contributed by atoms with Gasteiger partial charge in [-0.2, -0.15) is 0 Å². The maximum Gasteiger partial charge on any atom is 0.319 e. The first kappa shape index (κ1) is 18.4. The Labute approximate surface area is 120 Å². The van der Waals surface area contributed by atoms with Gasteiger partial charge in [-0.15, -0.1) is 0 Å². The molecule has 0 aromatic carbocycles. The molecule has 0 radical (unpaired) electrons. The van der Waals surface area contributed by atoms with Crippen LogP contribution in [0, 0.1) is 11.3 Å². The molecule has 0 bridgehead atoms. The average Bonchev–Trinajstić information content (AvgIpc) is 2.27. The van der Waals surface area contributed by atoms with Crippen molar-refractivity contribution in [3.63, 3.8) is 0 Å². The van der Waals surface area contributed by atoms with Crippen molar-refractivity contribution in [1.82, 2.24) is 10.2 Å². The molecule has 0 aliphatic rings. The highest BCUT2D eigenvalue weighted by atomic mass is 16.5. The molecule has 0 fully saturated rings. The third-order valence-electron chi connectivity index (χ3n) is 2.77. The molecule has 0 rings (SSSR count). The molecule has 0 aliphatic carbocycles. The quantitative estimate of drug-likeness (QED) is 0.579. The number of ether oxygens (including phenoxy) is 1. The molecule has 0 spiro atoms. The van der Waals surface area contributed by atoms with Crippen molar-refractivity contribution in [2.75, 3.05) is 26.7 Å². The van der Waals surface area contributed by atoms with Gasteiger partial charge in [0.05, 0.1) is 13.2 Å². The number of carbonyl (C=O) groups excluding carboxylic acids is 3. The van der Waals surface area contributed by atoms with Crippen molar-refractivity contribution < 1.29 is 19.1 Å². The van der Waals surface area contributed by atoms with Crippen molar-refractivity contribution in [3.05, 3.63) is 0 Å². The standard InChI is InChI=1S/C14H26N2O4/c1-7-15-10(17)9-16(6)12(18)11(14(3,4)5)13(19)20-8-2/h11H,7-9H2,1-6H3,(H,15,17). The first-order valence-electron chi connectivity index (χ1n) is 6.83. The lowest BCUT2D eigenvalue weighted by atomic mass is 9.80. The summed E-state index contributed by atoms with van der Waals surface area (Å²) in [5, 5.41) is 2.61. The smallest absolute Gasteiger partial charge is 0.319 e. The molecule has 116 valence electrons.